The zero-order valence-corrected chi connectivity index (χ0v) is 18.7. The molecule has 2 saturated heterocycles. The molecule has 0 aliphatic carbocycles. The third kappa shape index (κ3) is 4.62. The summed E-state index contributed by atoms with van der Waals surface area (Å²) in [6.45, 7) is 7.03. The minimum atomic E-state index is 0.0391. The van der Waals surface area contributed by atoms with Crippen molar-refractivity contribution in [3.63, 3.8) is 0 Å². The molecule has 5 nitrogen and oxygen atoms in total. The number of amides is 1. The second-order valence-electron chi connectivity index (χ2n) is 9.03. The number of carbonyl (C=O) groups excluding carboxylic acids is 1. The molecule has 3 heterocycles. The fourth-order valence-electron chi connectivity index (χ4n) is 4.89. The lowest BCUT2D eigenvalue weighted by Crippen LogP contribution is -2.30. The van der Waals surface area contributed by atoms with Crippen molar-refractivity contribution in [2.75, 3.05) is 33.7 Å². The molecule has 4 rings (SSSR count). The molecule has 2 aromatic rings. The van der Waals surface area contributed by atoms with Gasteiger partial charge < -0.3 is 14.2 Å². The van der Waals surface area contributed by atoms with Crippen LogP contribution in [-0.4, -0.2) is 54.3 Å². The van der Waals surface area contributed by atoms with Crippen LogP contribution in [0.25, 0.3) is 0 Å². The summed E-state index contributed by atoms with van der Waals surface area (Å²) in [5.74, 6) is 1.52. The Morgan fingerprint density at radius 2 is 1.83 bits per heavy atom. The molecule has 2 aliphatic rings. The first-order valence-corrected chi connectivity index (χ1v) is 11.4. The van der Waals surface area contributed by atoms with E-state index in [1.54, 1.807) is 0 Å². The van der Waals surface area contributed by atoms with Gasteiger partial charge in [-0.3, -0.25) is 9.69 Å². The van der Waals surface area contributed by atoms with Gasteiger partial charge in [-0.25, -0.2) is 0 Å². The van der Waals surface area contributed by atoms with Crippen LogP contribution in [0.1, 0.15) is 71.7 Å². The van der Waals surface area contributed by atoms with E-state index in [4.69, 9.17) is 4.42 Å². The number of aryl methyl sites for hydroxylation is 1. The zero-order valence-electron chi connectivity index (χ0n) is 18.7. The topological polar surface area (TPSA) is 39.9 Å². The van der Waals surface area contributed by atoms with E-state index >= 15 is 0 Å². The summed E-state index contributed by atoms with van der Waals surface area (Å²) in [4.78, 5) is 20.0. The smallest absolute Gasteiger partial charge is 0.290 e. The second-order valence-corrected chi connectivity index (χ2v) is 9.03. The number of nitrogens with zero attached hydrogens (tertiary/aromatic N) is 3. The Bertz CT molecular complexity index is 850. The number of carbonyl (C=O) groups is 1. The fourth-order valence-corrected chi connectivity index (χ4v) is 4.89. The molecule has 162 valence electrons. The molecule has 1 amide bonds. The zero-order chi connectivity index (χ0) is 21.1. The number of rotatable bonds is 7. The lowest BCUT2D eigenvalue weighted by Gasteiger charge is -2.24. The van der Waals surface area contributed by atoms with E-state index in [0.29, 0.717) is 5.76 Å². The minimum absolute atomic E-state index is 0.0391. The third-order valence-corrected chi connectivity index (χ3v) is 6.40. The summed E-state index contributed by atoms with van der Waals surface area (Å²) >= 11 is 0. The van der Waals surface area contributed by atoms with Crippen molar-refractivity contribution in [3.8, 4) is 0 Å². The van der Waals surface area contributed by atoms with Crippen LogP contribution < -0.4 is 0 Å². The van der Waals surface area contributed by atoms with Gasteiger partial charge >= 0.3 is 0 Å². The first-order chi connectivity index (χ1) is 14.5. The van der Waals surface area contributed by atoms with Crippen LogP contribution in [0.5, 0.6) is 0 Å². The first kappa shape index (κ1) is 21.1. The summed E-state index contributed by atoms with van der Waals surface area (Å²) in [5, 5.41) is 0. The van der Waals surface area contributed by atoms with Crippen LogP contribution in [0.4, 0.5) is 0 Å². The Morgan fingerprint density at radius 1 is 1.10 bits per heavy atom. The van der Waals surface area contributed by atoms with Crippen LogP contribution in [0.3, 0.4) is 0 Å². The van der Waals surface area contributed by atoms with Crippen molar-refractivity contribution in [2.45, 2.75) is 58.2 Å². The summed E-state index contributed by atoms with van der Waals surface area (Å²) in [5.41, 5.74) is 3.71. The van der Waals surface area contributed by atoms with E-state index in [0.717, 1.165) is 57.7 Å². The van der Waals surface area contributed by atoms with Gasteiger partial charge in [-0.05, 0) is 70.1 Å². The number of hydrogen-bond donors (Lipinski definition) is 0. The number of likely N-dealkylation sites (tertiary alicyclic amines) is 2. The van der Waals surface area contributed by atoms with Crippen LogP contribution >= 0.6 is 0 Å². The second kappa shape index (κ2) is 9.36. The van der Waals surface area contributed by atoms with E-state index in [2.05, 4.69) is 55.1 Å². The molecule has 1 atom stereocenters. The van der Waals surface area contributed by atoms with Crippen LogP contribution in [0.15, 0.2) is 34.7 Å². The molecular formula is C25H35N3O2. The molecule has 5 heteroatoms. The molecule has 1 aromatic heterocycles. The fraction of sp³-hybridized carbons (Fsp3) is 0.560. The van der Waals surface area contributed by atoms with Crippen molar-refractivity contribution in [3.05, 3.63) is 58.5 Å². The molecule has 2 aliphatic heterocycles. The average Bonchev–Trinajstić information content (AvgIpc) is 3.49. The van der Waals surface area contributed by atoms with Gasteiger partial charge in [0.2, 0.25) is 0 Å². The molecule has 0 radical (unpaired) electrons. The molecule has 1 aromatic carbocycles. The Kier molecular flexibility index (Phi) is 6.59. The summed E-state index contributed by atoms with van der Waals surface area (Å²) in [6.07, 6.45) is 5.42. The van der Waals surface area contributed by atoms with Crippen molar-refractivity contribution < 1.29 is 9.21 Å². The molecule has 2 fully saturated rings. The highest BCUT2D eigenvalue weighted by Gasteiger charge is 2.32. The Balaban J connectivity index is 1.50. The SMILES string of the molecule is CCc1oc(C(=O)N2CCCC2c2ccc(CN(C)C)cc2)cc1CN1CCCC1. The van der Waals surface area contributed by atoms with Crippen molar-refractivity contribution in [2.24, 2.45) is 0 Å². The lowest BCUT2D eigenvalue weighted by molar-refractivity contribution is 0.0701. The first-order valence-electron chi connectivity index (χ1n) is 11.4. The highest BCUT2D eigenvalue weighted by Crippen LogP contribution is 2.34. The van der Waals surface area contributed by atoms with Gasteiger partial charge in [0.15, 0.2) is 5.76 Å². The highest BCUT2D eigenvalue weighted by atomic mass is 16.4. The summed E-state index contributed by atoms with van der Waals surface area (Å²) in [6, 6.07) is 10.9. The quantitative estimate of drug-likeness (QED) is 0.676. The predicted octanol–water partition coefficient (Wildman–Crippen LogP) is 4.48. The summed E-state index contributed by atoms with van der Waals surface area (Å²) in [7, 11) is 4.16. The Labute approximate surface area is 180 Å². The number of benzene rings is 1. The van der Waals surface area contributed by atoms with E-state index < -0.39 is 0 Å². The lowest BCUT2D eigenvalue weighted by atomic mass is 10.0. The standard InChI is InChI=1S/C25H35N3O2/c1-4-23-21(18-27-13-5-6-14-27)16-24(30-23)25(29)28-15-7-8-22(28)20-11-9-19(10-12-20)17-26(2)3/h9-12,16,22H,4-8,13-15,17-18H2,1-3H3. The van der Waals surface area contributed by atoms with Crippen LogP contribution in [-0.2, 0) is 19.5 Å². The molecule has 0 spiro atoms. The van der Waals surface area contributed by atoms with Crippen molar-refractivity contribution in [1.29, 1.82) is 0 Å². The van der Waals surface area contributed by atoms with Crippen molar-refractivity contribution in [1.82, 2.24) is 14.7 Å². The maximum atomic E-state index is 13.4. The summed E-state index contributed by atoms with van der Waals surface area (Å²) < 4.78 is 6.07. The Hall–Kier alpha value is -2.11. The van der Waals surface area contributed by atoms with Gasteiger partial charge in [-0.15, -0.1) is 0 Å². The maximum Gasteiger partial charge on any atom is 0.290 e. The molecule has 1 unspecified atom stereocenters. The number of furan rings is 1. The molecule has 0 N–H and O–H groups in total. The van der Waals surface area contributed by atoms with E-state index in [1.165, 1.54) is 29.5 Å². The predicted molar refractivity (Wildman–Crippen MR) is 119 cm³/mol. The minimum Gasteiger partial charge on any atom is -0.456 e. The average molecular weight is 410 g/mol. The van der Waals surface area contributed by atoms with Gasteiger partial charge in [0, 0.05) is 31.6 Å². The molecular weight excluding hydrogens is 374 g/mol. The van der Waals surface area contributed by atoms with Gasteiger partial charge in [0.25, 0.3) is 5.91 Å². The van der Waals surface area contributed by atoms with E-state index in [9.17, 15) is 4.79 Å². The monoisotopic (exact) mass is 409 g/mol. The largest absolute Gasteiger partial charge is 0.456 e. The molecule has 0 bridgehead atoms. The van der Waals surface area contributed by atoms with E-state index in [-0.39, 0.29) is 11.9 Å². The molecule has 0 saturated carbocycles. The van der Waals surface area contributed by atoms with E-state index in [1.807, 2.05) is 11.0 Å². The normalized spacial score (nSPS) is 19.9. The van der Waals surface area contributed by atoms with Gasteiger partial charge in [0.05, 0.1) is 6.04 Å². The Morgan fingerprint density at radius 3 is 2.50 bits per heavy atom. The van der Waals surface area contributed by atoms with Crippen LogP contribution in [0, 0.1) is 0 Å². The van der Waals surface area contributed by atoms with Gasteiger partial charge in [-0.1, -0.05) is 31.2 Å². The maximum absolute atomic E-state index is 13.4. The third-order valence-electron chi connectivity index (χ3n) is 6.40. The number of hydrogen-bond acceptors (Lipinski definition) is 4. The molecule has 30 heavy (non-hydrogen) atoms. The van der Waals surface area contributed by atoms with Gasteiger partial charge in [0.1, 0.15) is 5.76 Å². The highest BCUT2D eigenvalue weighted by molar-refractivity contribution is 5.92. The van der Waals surface area contributed by atoms with Crippen molar-refractivity contribution >= 4 is 5.91 Å². The van der Waals surface area contributed by atoms with Gasteiger partial charge in [-0.2, -0.15) is 0 Å². The van der Waals surface area contributed by atoms with Crippen LogP contribution in [0.2, 0.25) is 0 Å².